The number of aromatic nitrogens is 3. The molecule has 30 heavy (non-hydrogen) atoms. The average Bonchev–Trinajstić information content (AvgIpc) is 3.18. The van der Waals surface area contributed by atoms with Crippen LogP contribution in [0.1, 0.15) is 16.1 Å². The van der Waals surface area contributed by atoms with Crippen molar-refractivity contribution in [1.82, 2.24) is 20.1 Å². The van der Waals surface area contributed by atoms with Gasteiger partial charge in [0.1, 0.15) is 18.1 Å². The molecule has 0 atom stereocenters. The zero-order chi connectivity index (χ0) is 20.9. The summed E-state index contributed by atoms with van der Waals surface area (Å²) in [6, 6.07) is 19.1. The number of hydrogen-bond donors (Lipinski definition) is 1. The fourth-order valence-electron chi connectivity index (χ4n) is 3.14. The minimum atomic E-state index is -0.196. The van der Waals surface area contributed by atoms with E-state index < -0.39 is 0 Å². The third-order valence-electron chi connectivity index (χ3n) is 4.77. The fourth-order valence-corrected chi connectivity index (χ4v) is 3.14. The van der Waals surface area contributed by atoms with Gasteiger partial charge in [-0.3, -0.25) is 4.79 Å². The molecule has 2 heterocycles. The van der Waals surface area contributed by atoms with E-state index in [1.807, 2.05) is 67.6 Å². The number of carbonyl (C=O) groups excluding carboxylic acids is 1. The van der Waals surface area contributed by atoms with Crippen LogP contribution < -0.4 is 14.8 Å². The summed E-state index contributed by atoms with van der Waals surface area (Å²) in [6.45, 7) is 2.59. The summed E-state index contributed by atoms with van der Waals surface area (Å²) in [6.07, 6.45) is 1.56. The number of hydrogen-bond acceptors (Lipinski definition) is 5. The maximum absolute atomic E-state index is 12.6. The molecule has 0 radical (unpaired) electrons. The summed E-state index contributed by atoms with van der Waals surface area (Å²) in [5, 5.41) is 8.28. The second kappa shape index (κ2) is 8.65. The van der Waals surface area contributed by atoms with E-state index in [-0.39, 0.29) is 5.91 Å². The number of rotatable bonds is 7. The Morgan fingerprint density at radius 3 is 2.60 bits per heavy atom. The highest BCUT2D eigenvalue weighted by Gasteiger charge is 2.15. The van der Waals surface area contributed by atoms with Crippen molar-refractivity contribution in [2.24, 2.45) is 0 Å². The van der Waals surface area contributed by atoms with Gasteiger partial charge in [-0.05, 0) is 49.4 Å². The molecule has 2 aromatic heterocycles. The number of carbonyl (C=O) groups is 1. The lowest BCUT2D eigenvalue weighted by Gasteiger charge is -2.09. The van der Waals surface area contributed by atoms with E-state index in [9.17, 15) is 4.79 Å². The lowest BCUT2D eigenvalue weighted by molar-refractivity contribution is 0.0946. The Hall–Kier alpha value is -3.87. The summed E-state index contributed by atoms with van der Waals surface area (Å²) < 4.78 is 12.4. The molecule has 1 N–H and O–H groups in total. The molecule has 0 fully saturated rings. The smallest absolute Gasteiger partial charge is 0.254 e. The van der Waals surface area contributed by atoms with Crippen molar-refractivity contribution in [2.75, 3.05) is 20.3 Å². The summed E-state index contributed by atoms with van der Waals surface area (Å²) in [7, 11) is 1.62. The van der Waals surface area contributed by atoms with Gasteiger partial charge in [-0.25, -0.2) is 9.67 Å². The second-order valence-electron chi connectivity index (χ2n) is 6.70. The van der Waals surface area contributed by atoms with Gasteiger partial charge in [0.15, 0.2) is 5.82 Å². The molecular formula is C23H22N4O3. The Balaban J connectivity index is 1.38. The monoisotopic (exact) mass is 402 g/mol. The van der Waals surface area contributed by atoms with Gasteiger partial charge in [-0.2, -0.15) is 5.10 Å². The van der Waals surface area contributed by atoms with Gasteiger partial charge in [0, 0.05) is 5.39 Å². The predicted molar refractivity (Wildman–Crippen MR) is 114 cm³/mol. The van der Waals surface area contributed by atoms with Gasteiger partial charge in [0.25, 0.3) is 5.91 Å². The molecule has 0 saturated heterocycles. The number of ether oxygens (including phenoxy) is 2. The van der Waals surface area contributed by atoms with Crippen LogP contribution in [0.4, 0.5) is 0 Å². The maximum atomic E-state index is 12.6. The van der Waals surface area contributed by atoms with Crippen molar-refractivity contribution in [1.29, 1.82) is 0 Å². The Morgan fingerprint density at radius 1 is 1.03 bits per heavy atom. The molecule has 1 amide bonds. The van der Waals surface area contributed by atoms with Crippen LogP contribution in [0.2, 0.25) is 0 Å². The molecule has 2 aromatic carbocycles. The molecular weight excluding hydrogens is 380 g/mol. The lowest BCUT2D eigenvalue weighted by atomic mass is 10.2. The number of methoxy groups -OCH3 is 1. The van der Waals surface area contributed by atoms with Crippen LogP contribution in [0.5, 0.6) is 11.5 Å². The fraction of sp³-hybridized carbons (Fsp3) is 0.174. The molecule has 0 aliphatic carbocycles. The van der Waals surface area contributed by atoms with Crippen LogP contribution in [0.25, 0.3) is 16.7 Å². The molecule has 152 valence electrons. The molecule has 0 saturated carbocycles. The molecule has 0 aliphatic rings. The quantitative estimate of drug-likeness (QED) is 0.479. The SMILES string of the molecule is COc1ccc(OCCNC(=O)c2cnn(-c3ccc4ccccc4n3)c2C)cc1. The standard InChI is InChI=1S/C23H22N4O3/c1-16-20(23(28)24-13-14-30-19-10-8-18(29-2)9-11-19)15-25-27(16)22-12-7-17-5-3-4-6-21(17)26-22/h3-12,15H,13-14H2,1-2H3,(H,24,28). The van der Waals surface area contributed by atoms with Crippen molar-refractivity contribution in [3.8, 4) is 17.3 Å². The molecule has 7 heteroatoms. The number of nitrogens with one attached hydrogen (secondary N) is 1. The van der Waals surface area contributed by atoms with E-state index in [0.717, 1.165) is 28.1 Å². The third-order valence-corrected chi connectivity index (χ3v) is 4.77. The van der Waals surface area contributed by atoms with E-state index >= 15 is 0 Å². The van der Waals surface area contributed by atoms with Crippen LogP contribution in [-0.2, 0) is 0 Å². The number of fused-ring (bicyclic) bond motifs is 1. The van der Waals surface area contributed by atoms with E-state index in [1.54, 1.807) is 18.0 Å². The van der Waals surface area contributed by atoms with Crippen molar-refractivity contribution in [3.63, 3.8) is 0 Å². The number of pyridine rings is 1. The summed E-state index contributed by atoms with van der Waals surface area (Å²) in [4.78, 5) is 17.2. The minimum absolute atomic E-state index is 0.196. The average molecular weight is 402 g/mol. The first-order valence-electron chi connectivity index (χ1n) is 9.61. The zero-order valence-corrected chi connectivity index (χ0v) is 16.8. The highest BCUT2D eigenvalue weighted by atomic mass is 16.5. The van der Waals surface area contributed by atoms with E-state index in [0.29, 0.717) is 24.5 Å². The molecule has 0 aliphatic heterocycles. The van der Waals surface area contributed by atoms with Crippen molar-refractivity contribution >= 4 is 16.8 Å². The maximum Gasteiger partial charge on any atom is 0.254 e. The number of para-hydroxylation sites is 1. The first-order chi connectivity index (χ1) is 14.7. The van der Waals surface area contributed by atoms with Gasteiger partial charge in [-0.15, -0.1) is 0 Å². The second-order valence-corrected chi connectivity index (χ2v) is 6.70. The minimum Gasteiger partial charge on any atom is -0.497 e. The summed E-state index contributed by atoms with van der Waals surface area (Å²) >= 11 is 0. The van der Waals surface area contributed by atoms with Crippen molar-refractivity contribution < 1.29 is 14.3 Å². The van der Waals surface area contributed by atoms with Gasteiger partial charge in [0.2, 0.25) is 0 Å². The van der Waals surface area contributed by atoms with Crippen molar-refractivity contribution in [3.05, 3.63) is 78.1 Å². The van der Waals surface area contributed by atoms with Crippen LogP contribution in [0.3, 0.4) is 0 Å². The largest absolute Gasteiger partial charge is 0.497 e. The highest BCUT2D eigenvalue weighted by molar-refractivity contribution is 5.95. The Labute approximate surface area is 174 Å². The lowest BCUT2D eigenvalue weighted by Crippen LogP contribution is -2.28. The van der Waals surface area contributed by atoms with E-state index in [1.165, 1.54) is 0 Å². The van der Waals surface area contributed by atoms with Crippen molar-refractivity contribution in [2.45, 2.75) is 6.92 Å². The first-order valence-corrected chi connectivity index (χ1v) is 9.61. The normalized spacial score (nSPS) is 10.7. The Bertz CT molecular complexity index is 1170. The van der Waals surface area contributed by atoms with E-state index in [4.69, 9.17) is 9.47 Å². The number of nitrogens with zero attached hydrogens (tertiary/aromatic N) is 3. The van der Waals surface area contributed by atoms with Gasteiger partial charge >= 0.3 is 0 Å². The highest BCUT2D eigenvalue weighted by Crippen LogP contribution is 2.18. The molecule has 4 rings (SSSR count). The Morgan fingerprint density at radius 2 is 1.80 bits per heavy atom. The van der Waals surface area contributed by atoms with Crippen LogP contribution in [0, 0.1) is 6.92 Å². The number of amides is 1. The molecule has 7 nitrogen and oxygen atoms in total. The van der Waals surface area contributed by atoms with E-state index in [2.05, 4.69) is 15.4 Å². The predicted octanol–water partition coefficient (Wildman–Crippen LogP) is 3.55. The van der Waals surface area contributed by atoms with Gasteiger partial charge in [0.05, 0.1) is 36.6 Å². The third kappa shape index (κ3) is 4.10. The topological polar surface area (TPSA) is 78.3 Å². The van der Waals surface area contributed by atoms with Gasteiger partial charge < -0.3 is 14.8 Å². The zero-order valence-electron chi connectivity index (χ0n) is 16.8. The first kappa shape index (κ1) is 19.4. The summed E-state index contributed by atoms with van der Waals surface area (Å²) in [5.41, 5.74) is 2.12. The van der Waals surface area contributed by atoms with Crippen LogP contribution in [-0.4, -0.2) is 40.9 Å². The molecule has 0 unspecified atom stereocenters. The Kier molecular flexibility index (Phi) is 5.61. The van der Waals surface area contributed by atoms with Gasteiger partial charge in [-0.1, -0.05) is 18.2 Å². The number of benzene rings is 2. The molecule has 0 spiro atoms. The van der Waals surface area contributed by atoms with Crippen LogP contribution >= 0.6 is 0 Å². The molecule has 0 bridgehead atoms. The summed E-state index contributed by atoms with van der Waals surface area (Å²) in [5.74, 6) is 1.96. The molecule has 4 aromatic rings. The van der Waals surface area contributed by atoms with Crippen LogP contribution in [0.15, 0.2) is 66.9 Å².